The molecule has 1 aliphatic rings. The number of hydrogen-bond acceptors (Lipinski definition) is 3. The van der Waals surface area contributed by atoms with Gasteiger partial charge in [-0.05, 0) is 23.5 Å². The van der Waals surface area contributed by atoms with Crippen LogP contribution in [0.4, 0.5) is 0 Å². The average molecular weight is 246 g/mol. The van der Waals surface area contributed by atoms with E-state index in [1.807, 2.05) is 13.8 Å². The number of carbonyl (C=O) groups is 1. The van der Waals surface area contributed by atoms with Crippen LogP contribution in [0.5, 0.6) is 0 Å². The van der Waals surface area contributed by atoms with E-state index in [-0.39, 0.29) is 11.3 Å². The van der Waals surface area contributed by atoms with Crippen molar-refractivity contribution in [1.82, 2.24) is 0 Å². The third-order valence-corrected chi connectivity index (χ3v) is 4.83. The van der Waals surface area contributed by atoms with E-state index >= 15 is 0 Å². The zero-order valence-electron chi connectivity index (χ0n) is 10.5. The second-order valence-corrected chi connectivity index (χ2v) is 6.98. The molecule has 0 aromatic rings. The van der Waals surface area contributed by atoms with Crippen LogP contribution in [0.15, 0.2) is 0 Å². The largest absolute Gasteiger partial charge is 0.481 e. The van der Waals surface area contributed by atoms with E-state index in [9.17, 15) is 15.0 Å². The molecule has 0 aromatic heterocycles. The molecule has 1 rings (SSSR count). The van der Waals surface area contributed by atoms with Crippen molar-refractivity contribution in [3.63, 3.8) is 0 Å². The van der Waals surface area contributed by atoms with Crippen molar-refractivity contribution in [3.8, 4) is 0 Å². The van der Waals surface area contributed by atoms with Gasteiger partial charge in [0.05, 0.1) is 11.5 Å². The third-order valence-electron chi connectivity index (χ3n) is 3.14. The molecule has 16 heavy (non-hydrogen) atoms. The summed E-state index contributed by atoms with van der Waals surface area (Å²) < 4.78 is 0. The SMILES string of the molecule is CC(C)C(C(=O)O)C1(O)CSCC(C)(C)C1. The molecule has 1 saturated heterocycles. The van der Waals surface area contributed by atoms with Crippen LogP contribution in [-0.2, 0) is 4.79 Å². The van der Waals surface area contributed by atoms with Gasteiger partial charge in [0.1, 0.15) is 0 Å². The lowest BCUT2D eigenvalue weighted by atomic mass is 9.71. The van der Waals surface area contributed by atoms with Gasteiger partial charge >= 0.3 is 5.97 Å². The van der Waals surface area contributed by atoms with Crippen molar-refractivity contribution in [2.45, 2.75) is 39.7 Å². The van der Waals surface area contributed by atoms with Crippen LogP contribution >= 0.6 is 11.8 Å². The predicted molar refractivity (Wildman–Crippen MR) is 66.6 cm³/mol. The van der Waals surface area contributed by atoms with E-state index in [0.29, 0.717) is 12.2 Å². The Morgan fingerprint density at radius 2 is 1.88 bits per heavy atom. The monoisotopic (exact) mass is 246 g/mol. The first-order chi connectivity index (χ1) is 7.18. The van der Waals surface area contributed by atoms with Crippen molar-refractivity contribution in [1.29, 1.82) is 0 Å². The molecule has 0 aliphatic carbocycles. The fourth-order valence-corrected chi connectivity index (χ4v) is 4.16. The van der Waals surface area contributed by atoms with Gasteiger partial charge in [-0.1, -0.05) is 27.7 Å². The Balaban J connectivity index is 2.93. The van der Waals surface area contributed by atoms with Crippen LogP contribution in [0.25, 0.3) is 0 Å². The molecule has 2 unspecified atom stereocenters. The minimum Gasteiger partial charge on any atom is -0.481 e. The number of carboxylic acid groups (broad SMARTS) is 1. The summed E-state index contributed by atoms with van der Waals surface area (Å²) in [4.78, 5) is 11.3. The van der Waals surface area contributed by atoms with Crippen molar-refractivity contribution in [2.75, 3.05) is 11.5 Å². The van der Waals surface area contributed by atoms with Crippen LogP contribution in [0.1, 0.15) is 34.1 Å². The molecule has 0 spiro atoms. The van der Waals surface area contributed by atoms with E-state index in [1.165, 1.54) is 0 Å². The Morgan fingerprint density at radius 3 is 2.25 bits per heavy atom. The van der Waals surface area contributed by atoms with Gasteiger partial charge in [-0.3, -0.25) is 4.79 Å². The topological polar surface area (TPSA) is 57.5 Å². The first-order valence-corrected chi connectivity index (χ1v) is 6.86. The molecule has 4 heteroatoms. The fourth-order valence-electron chi connectivity index (χ4n) is 2.77. The molecule has 0 bridgehead atoms. The van der Waals surface area contributed by atoms with Crippen LogP contribution in [0.3, 0.4) is 0 Å². The maximum atomic E-state index is 11.3. The molecule has 0 radical (unpaired) electrons. The van der Waals surface area contributed by atoms with E-state index in [1.54, 1.807) is 11.8 Å². The van der Waals surface area contributed by atoms with Gasteiger partial charge in [0.25, 0.3) is 0 Å². The van der Waals surface area contributed by atoms with Gasteiger partial charge < -0.3 is 10.2 Å². The number of rotatable bonds is 3. The van der Waals surface area contributed by atoms with E-state index in [4.69, 9.17) is 0 Å². The molecule has 2 atom stereocenters. The Bertz CT molecular complexity index is 275. The number of aliphatic carboxylic acids is 1. The lowest BCUT2D eigenvalue weighted by molar-refractivity contribution is -0.156. The molecule has 0 amide bonds. The lowest BCUT2D eigenvalue weighted by Gasteiger charge is -2.45. The maximum Gasteiger partial charge on any atom is 0.309 e. The summed E-state index contributed by atoms with van der Waals surface area (Å²) in [5.41, 5.74) is -1.05. The number of aliphatic hydroxyl groups is 1. The van der Waals surface area contributed by atoms with Crippen molar-refractivity contribution in [3.05, 3.63) is 0 Å². The normalized spacial score (nSPS) is 31.4. The summed E-state index contributed by atoms with van der Waals surface area (Å²) in [5.74, 6) is -0.0712. The molecule has 1 fully saturated rings. The molecule has 3 nitrogen and oxygen atoms in total. The Labute approximate surface area is 102 Å². The molecule has 2 N–H and O–H groups in total. The van der Waals surface area contributed by atoms with E-state index in [2.05, 4.69) is 13.8 Å². The summed E-state index contributed by atoms with van der Waals surface area (Å²) in [6.07, 6.45) is 0.572. The summed E-state index contributed by atoms with van der Waals surface area (Å²) >= 11 is 1.66. The Hall–Kier alpha value is -0.220. The van der Waals surface area contributed by atoms with Crippen LogP contribution in [0.2, 0.25) is 0 Å². The molecule has 94 valence electrons. The summed E-state index contributed by atoms with van der Waals surface area (Å²) in [6.45, 7) is 7.90. The van der Waals surface area contributed by atoms with Crippen LogP contribution in [0, 0.1) is 17.3 Å². The van der Waals surface area contributed by atoms with Gasteiger partial charge in [0.15, 0.2) is 0 Å². The quantitative estimate of drug-likeness (QED) is 0.802. The summed E-state index contributed by atoms with van der Waals surface area (Å²) in [6, 6.07) is 0. The van der Waals surface area contributed by atoms with Crippen LogP contribution in [-0.4, -0.2) is 33.3 Å². The first kappa shape index (κ1) is 13.8. The highest BCUT2D eigenvalue weighted by atomic mass is 32.2. The molecular weight excluding hydrogens is 224 g/mol. The van der Waals surface area contributed by atoms with Crippen LogP contribution < -0.4 is 0 Å². The second-order valence-electron chi connectivity index (χ2n) is 6.00. The van der Waals surface area contributed by atoms with E-state index < -0.39 is 17.5 Å². The number of carboxylic acids is 1. The highest BCUT2D eigenvalue weighted by molar-refractivity contribution is 7.99. The number of hydrogen-bond donors (Lipinski definition) is 2. The molecule has 1 aliphatic heterocycles. The van der Waals surface area contributed by atoms with Crippen molar-refractivity contribution in [2.24, 2.45) is 17.3 Å². The van der Waals surface area contributed by atoms with Gasteiger partial charge in [-0.25, -0.2) is 0 Å². The minimum atomic E-state index is -1.06. The third kappa shape index (κ3) is 2.92. The highest BCUT2D eigenvalue weighted by Gasteiger charge is 2.48. The maximum absolute atomic E-state index is 11.3. The molecule has 0 saturated carbocycles. The lowest BCUT2D eigenvalue weighted by Crippen LogP contribution is -2.52. The second kappa shape index (κ2) is 4.57. The van der Waals surface area contributed by atoms with Crippen molar-refractivity contribution < 1.29 is 15.0 Å². The van der Waals surface area contributed by atoms with Gasteiger partial charge in [0, 0.05) is 5.75 Å². The zero-order valence-corrected chi connectivity index (χ0v) is 11.3. The number of thioether (sulfide) groups is 1. The fraction of sp³-hybridized carbons (Fsp3) is 0.917. The minimum absolute atomic E-state index is 0.0141. The summed E-state index contributed by atoms with van der Waals surface area (Å²) in [7, 11) is 0. The zero-order chi connectivity index (χ0) is 12.6. The summed E-state index contributed by atoms with van der Waals surface area (Å²) in [5, 5.41) is 19.9. The Kier molecular flexibility index (Phi) is 3.95. The smallest absolute Gasteiger partial charge is 0.309 e. The van der Waals surface area contributed by atoms with Gasteiger partial charge in [-0.15, -0.1) is 0 Å². The predicted octanol–water partition coefficient (Wildman–Crippen LogP) is 2.24. The molecular formula is C12H22O3S. The average Bonchev–Trinajstić information content (AvgIpc) is 1.97. The highest BCUT2D eigenvalue weighted by Crippen LogP contribution is 2.44. The standard InChI is InChI=1S/C12H22O3S/c1-8(2)9(10(13)14)12(15)5-11(3,4)6-16-7-12/h8-9,15H,5-7H2,1-4H3,(H,13,14). The molecule has 1 heterocycles. The Morgan fingerprint density at radius 1 is 1.31 bits per heavy atom. The molecule has 0 aromatic carbocycles. The van der Waals surface area contributed by atoms with Crippen molar-refractivity contribution >= 4 is 17.7 Å². The van der Waals surface area contributed by atoms with Gasteiger partial charge in [-0.2, -0.15) is 11.8 Å². The first-order valence-electron chi connectivity index (χ1n) is 5.71. The van der Waals surface area contributed by atoms with Gasteiger partial charge in [0.2, 0.25) is 0 Å². The van der Waals surface area contributed by atoms with E-state index in [0.717, 1.165) is 5.75 Å².